The van der Waals surface area contributed by atoms with Crippen molar-refractivity contribution in [3.8, 4) is 11.1 Å². The third-order valence-electron chi connectivity index (χ3n) is 15.6. The van der Waals surface area contributed by atoms with Gasteiger partial charge in [0, 0.05) is 74.0 Å². The number of morpholine rings is 1. The Morgan fingerprint density at radius 2 is 1.01 bits per heavy atom. The molecule has 390 valence electrons. The van der Waals surface area contributed by atoms with E-state index in [1.165, 1.54) is 0 Å². The molecule has 0 saturated carbocycles. The molecule has 17 heteroatoms. The largest absolute Gasteiger partial charge is 0.466 e. The van der Waals surface area contributed by atoms with Gasteiger partial charge in [0.25, 0.3) is 11.8 Å². The van der Waals surface area contributed by atoms with Gasteiger partial charge in [-0.25, -0.2) is 26.8 Å². The van der Waals surface area contributed by atoms with Crippen LogP contribution in [0.1, 0.15) is 52.0 Å². The first-order valence-electron chi connectivity index (χ1n) is 25.8. The van der Waals surface area contributed by atoms with E-state index in [0.717, 1.165) is 38.9 Å². The standard InChI is InChI=1S/C59H57N5O10S2/c65-56-58(35-41-38-72-39-41)52(50-20-9-7-14-46(50)36-63(56)28-32-75(67,68)48-18-5-2-6-19-48)73-55(60-58)45-17-11-16-44(34-45)42-22-24-49(25-23-42)76(69,70)33-29-64-37-47-15-8-10-21-51(47)53-59(57(64)66,40-62-26-30-71-31-27-62)61-54(74-53)43-12-3-1-4-13-43/h1-25,34,41,52-53H,26-33,35-40H2/t52-,53-,58-,59-/m0/s1. The fourth-order valence-electron chi connectivity index (χ4n) is 11.5. The Labute approximate surface area is 442 Å². The minimum atomic E-state index is -3.91. The van der Waals surface area contributed by atoms with E-state index in [9.17, 15) is 16.8 Å². The Morgan fingerprint density at radius 1 is 0.513 bits per heavy atom. The molecule has 76 heavy (non-hydrogen) atoms. The predicted molar refractivity (Wildman–Crippen MR) is 285 cm³/mol. The molecule has 0 aromatic heterocycles. The molecule has 6 aromatic rings. The van der Waals surface area contributed by atoms with Crippen LogP contribution >= 0.6 is 0 Å². The van der Waals surface area contributed by atoms with E-state index in [0.29, 0.717) is 57.4 Å². The predicted octanol–water partition coefficient (Wildman–Crippen LogP) is 6.87. The van der Waals surface area contributed by atoms with Crippen molar-refractivity contribution in [2.45, 2.75) is 52.6 Å². The fraction of sp³-hybridized carbons (Fsp3) is 0.322. The number of hydrogen-bond donors (Lipinski definition) is 0. The molecule has 0 unspecified atom stereocenters. The highest BCUT2D eigenvalue weighted by molar-refractivity contribution is 7.91. The van der Waals surface area contributed by atoms with Crippen LogP contribution in [0, 0.1) is 5.92 Å². The third kappa shape index (κ3) is 9.31. The molecule has 0 bridgehead atoms. The molecule has 0 N–H and O–H groups in total. The van der Waals surface area contributed by atoms with Crippen molar-refractivity contribution in [2.24, 2.45) is 15.9 Å². The summed E-state index contributed by atoms with van der Waals surface area (Å²) in [4.78, 5) is 46.5. The van der Waals surface area contributed by atoms with Crippen molar-refractivity contribution in [2.75, 3.05) is 70.7 Å². The summed E-state index contributed by atoms with van der Waals surface area (Å²) in [5.41, 5.74) is 3.51. The van der Waals surface area contributed by atoms with Crippen LogP contribution < -0.4 is 0 Å². The van der Waals surface area contributed by atoms with Crippen LogP contribution in [0.15, 0.2) is 178 Å². The molecule has 0 spiro atoms. The van der Waals surface area contributed by atoms with Gasteiger partial charge in [-0.1, -0.05) is 109 Å². The molecular weight excluding hydrogens is 1000 g/mol. The van der Waals surface area contributed by atoms with Gasteiger partial charge >= 0.3 is 0 Å². The lowest BCUT2D eigenvalue weighted by Crippen LogP contribution is -2.56. The number of hydrogen-bond acceptors (Lipinski definition) is 13. The smallest absolute Gasteiger partial charge is 0.256 e. The second-order valence-electron chi connectivity index (χ2n) is 20.4. The zero-order chi connectivity index (χ0) is 52.1. The van der Waals surface area contributed by atoms with Crippen LogP contribution in [0.2, 0.25) is 0 Å². The van der Waals surface area contributed by atoms with E-state index < -0.39 is 43.0 Å². The number of amides is 2. The lowest BCUT2D eigenvalue weighted by Gasteiger charge is -2.37. The van der Waals surface area contributed by atoms with Crippen LogP contribution in [-0.2, 0) is 61.3 Å². The molecule has 2 saturated heterocycles. The number of carbonyl (C=O) groups is 2. The van der Waals surface area contributed by atoms with Gasteiger partial charge in [-0.3, -0.25) is 14.5 Å². The maximum Gasteiger partial charge on any atom is 0.256 e. The lowest BCUT2D eigenvalue weighted by atomic mass is 9.79. The van der Waals surface area contributed by atoms with Gasteiger partial charge in [0.2, 0.25) is 11.8 Å². The molecule has 0 radical (unpaired) electrons. The minimum absolute atomic E-state index is 0.0338. The first kappa shape index (κ1) is 49.8. The van der Waals surface area contributed by atoms with Crippen molar-refractivity contribution >= 4 is 43.3 Å². The van der Waals surface area contributed by atoms with Gasteiger partial charge in [0.1, 0.15) is 0 Å². The average Bonchev–Trinajstić information content (AvgIpc) is 4.04. The van der Waals surface area contributed by atoms with E-state index in [-0.39, 0.29) is 77.7 Å². The average molecular weight is 1060 g/mol. The maximum atomic E-state index is 15.2. The van der Waals surface area contributed by atoms with Crippen molar-refractivity contribution in [3.63, 3.8) is 0 Å². The quantitative estimate of drug-likeness (QED) is 0.105. The van der Waals surface area contributed by atoms with Crippen LogP contribution in [0.5, 0.6) is 0 Å². The third-order valence-corrected chi connectivity index (χ3v) is 19.0. The summed E-state index contributed by atoms with van der Waals surface area (Å²) in [6.07, 6.45) is -1.16. The van der Waals surface area contributed by atoms with E-state index >= 15 is 9.59 Å². The normalized spacial score (nSPS) is 23.6. The second kappa shape index (κ2) is 20.2. The highest BCUT2D eigenvalue weighted by Gasteiger charge is 2.59. The van der Waals surface area contributed by atoms with Crippen LogP contribution in [0.3, 0.4) is 0 Å². The number of fused-ring (bicyclic) bond motifs is 6. The molecule has 15 nitrogen and oxygen atoms in total. The van der Waals surface area contributed by atoms with Gasteiger partial charge in [-0.05, 0) is 77.2 Å². The fourth-order valence-corrected chi connectivity index (χ4v) is 14.0. The Hall–Kier alpha value is -7.02. The number of nitrogens with zero attached hydrogens (tertiary/aromatic N) is 5. The molecule has 12 rings (SSSR count). The van der Waals surface area contributed by atoms with E-state index in [1.54, 1.807) is 64.4 Å². The number of benzene rings is 6. The van der Waals surface area contributed by atoms with E-state index in [1.807, 2.05) is 103 Å². The number of ether oxygens (including phenoxy) is 4. The number of carbonyl (C=O) groups excluding carboxylic acids is 2. The zero-order valence-electron chi connectivity index (χ0n) is 41.8. The van der Waals surface area contributed by atoms with Crippen LogP contribution in [-0.4, -0.2) is 137 Å². The second-order valence-corrected chi connectivity index (χ2v) is 24.7. The molecule has 6 heterocycles. The Kier molecular flexibility index (Phi) is 13.2. The first-order chi connectivity index (χ1) is 36.9. The van der Waals surface area contributed by atoms with Gasteiger partial charge in [-0.15, -0.1) is 0 Å². The highest BCUT2D eigenvalue weighted by Crippen LogP contribution is 2.49. The van der Waals surface area contributed by atoms with E-state index in [2.05, 4.69) is 4.90 Å². The van der Waals surface area contributed by atoms with Gasteiger partial charge in [-0.2, -0.15) is 0 Å². The maximum absolute atomic E-state index is 15.2. The molecule has 6 aromatic carbocycles. The summed E-state index contributed by atoms with van der Waals surface area (Å²) in [5, 5.41) is 0. The summed E-state index contributed by atoms with van der Waals surface area (Å²) in [6, 6.07) is 47.6. The summed E-state index contributed by atoms with van der Waals surface area (Å²) < 4.78 is 80.5. The summed E-state index contributed by atoms with van der Waals surface area (Å²) in [6.45, 7) is 3.83. The zero-order valence-corrected chi connectivity index (χ0v) is 43.4. The number of rotatable bonds is 15. The van der Waals surface area contributed by atoms with Crippen LogP contribution in [0.4, 0.5) is 0 Å². The first-order valence-corrected chi connectivity index (χ1v) is 29.1. The Bertz CT molecular complexity index is 3480. The molecule has 2 fully saturated rings. The molecule has 6 aliphatic heterocycles. The highest BCUT2D eigenvalue weighted by atomic mass is 32.2. The van der Waals surface area contributed by atoms with Crippen molar-refractivity contribution in [1.82, 2.24) is 14.7 Å². The molecule has 6 aliphatic rings. The number of sulfone groups is 2. The molecular formula is C59H57N5O10S2. The SMILES string of the molecule is O=C1N(CCS(=O)(=O)c2ccccc2)Cc2ccccc2[C@@H]2OC(c3cccc(-c4ccc(S(=O)(=O)CCN5Cc6ccccc6[C@@H]6OC(c7ccccc7)=N[C@]6(CN6CCOCC6)C5=O)cc4)c3)=N[C@]12CC1COC1. The van der Waals surface area contributed by atoms with Crippen LogP contribution in [0.25, 0.3) is 11.1 Å². The van der Waals surface area contributed by atoms with Gasteiger partial charge in [0.15, 0.2) is 43.0 Å². The molecule has 0 aliphatic carbocycles. The Balaban J connectivity index is 0.804. The molecule has 4 atom stereocenters. The minimum Gasteiger partial charge on any atom is -0.466 e. The lowest BCUT2D eigenvalue weighted by molar-refractivity contribution is -0.143. The topological polar surface area (TPSA) is 174 Å². The summed E-state index contributed by atoms with van der Waals surface area (Å²) in [5.74, 6) is -0.473. The van der Waals surface area contributed by atoms with E-state index in [4.69, 9.17) is 28.9 Å². The summed E-state index contributed by atoms with van der Waals surface area (Å²) >= 11 is 0. The van der Waals surface area contributed by atoms with Gasteiger partial charge < -0.3 is 28.7 Å². The van der Waals surface area contributed by atoms with Crippen molar-refractivity contribution in [1.29, 1.82) is 0 Å². The van der Waals surface area contributed by atoms with Crippen molar-refractivity contribution in [3.05, 3.63) is 191 Å². The summed E-state index contributed by atoms with van der Waals surface area (Å²) in [7, 11) is -7.62. The Morgan fingerprint density at radius 3 is 1.62 bits per heavy atom. The van der Waals surface area contributed by atoms with Gasteiger partial charge in [0.05, 0.1) is 47.7 Å². The monoisotopic (exact) mass is 1060 g/mol. The molecule has 2 amide bonds. The number of aliphatic imine (C=N–C) groups is 2. The van der Waals surface area contributed by atoms with Crippen molar-refractivity contribution < 1.29 is 45.4 Å².